The SMILES string of the molecule is Nc1cc(-c2ccc(C(F)(F)F)c3c2OCCO3)no1. The predicted octanol–water partition coefficient (Wildman–Crippen LogP) is 2.71. The number of halogens is 3. The van der Waals surface area contributed by atoms with E-state index in [1.54, 1.807) is 0 Å². The van der Waals surface area contributed by atoms with Gasteiger partial charge in [0.1, 0.15) is 24.5 Å². The van der Waals surface area contributed by atoms with Gasteiger partial charge in [0.2, 0.25) is 5.88 Å². The molecule has 1 aromatic carbocycles. The summed E-state index contributed by atoms with van der Waals surface area (Å²) in [6.07, 6.45) is -4.52. The lowest BCUT2D eigenvalue weighted by Gasteiger charge is -2.23. The Morgan fingerprint density at radius 2 is 1.80 bits per heavy atom. The van der Waals surface area contributed by atoms with Gasteiger partial charge < -0.3 is 19.7 Å². The van der Waals surface area contributed by atoms with Crippen LogP contribution in [0.4, 0.5) is 19.1 Å². The van der Waals surface area contributed by atoms with Crippen LogP contribution in [0.3, 0.4) is 0 Å². The molecule has 0 spiro atoms. The second-order valence-corrected chi connectivity index (χ2v) is 4.13. The van der Waals surface area contributed by atoms with Gasteiger partial charge in [0.25, 0.3) is 0 Å². The van der Waals surface area contributed by atoms with E-state index < -0.39 is 11.7 Å². The van der Waals surface area contributed by atoms with Gasteiger partial charge in [-0.15, -0.1) is 0 Å². The maximum atomic E-state index is 12.9. The average molecular weight is 286 g/mol. The number of hydrogen-bond donors (Lipinski definition) is 1. The summed E-state index contributed by atoms with van der Waals surface area (Å²) in [7, 11) is 0. The smallest absolute Gasteiger partial charge is 0.420 e. The number of nitrogens with two attached hydrogens (primary N) is 1. The Bertz CT molecular complexity index is 652. The molecule has 1 aromatic heterocycles. The molecule has 0 amide bonds. The Kier molecular flexibility index (Phi) is 2.73. The first kappa shape index (κ1) is 12.6. The van der Waals surface area contributed by atoms with Gasteiger partial charge in [0.05, 0.1) is 0 Å². The quantitative estimate of drug-likeness (QED) is 0.872. The second kappa shape index (κ2) is 4.32. The van der Waals surface area contributed by atoms with Crippen molar-refractivity contribution in [1.82, 2.24) is 5.16 Å². The Balaban J connectivity index is 2.19. The lowest BCUT2D eigenvalue weighted by atomic mass is 10.0. The Morgan fingerprint density at radius 3 is 2.40 bits per heavy atom. The fraction of sp³-hybridized carbons (Fsp3) is 0.250. The van der Waals surface area contributed by atoms with Gasteiger partial charge in [-0.1, -0.05) is 5.16 Å². The third-order valence-electron chi connectivity index (χ3n) is 2.80. The number of alkyl halides is 3. The van der Waals surface area contributed by atoms with Crippen molar-refractivity contribution in [3.05, 3.63) is 23.8 Å². The molecule has 5 nitrogen and oxygen atoms in total. The highest BCUT2D eigenvalue weighted by atomic mass is 19.4. The van der Waals surface area contributed by atoms with Gasteiger partial charge in [-0.2, -0.15) is 13.2 Å². The monoisotopic (exact) mass is 286 g/mol. The molecule has 0 radical (unpaired) electrons. The number of ether oxygens (including phenoxy) is 2. The summed E-state index contributed by atoms with van der Waals surface area (Å²) in [4.78, 5) is 0. The third kappa shape index (κ3) is 2.02. The van der Waals surface area contributed by atoms with Crippen molar-refractivity contribution >= 4 is 5.88 Å². The number of hydrogen-bond acceptors (Lipinski definition) is 5. The van der Waals surface area contributed by atoms with E-state index in [4.69, 9.17) is 19.7 Å². The van der Waals surface area contributed by atoms with E-state index in [2.05, 4.69) is 5.16 Å². The van der Waals surface area contributed by atoms with E-state index in [0.29, 0.717) is 5.56 Å². The fourth-order valence-corrected chi connectivity index (χ4v) is 1.98. The third-order valence-corrected chi connectivity index (χ3v) is 2.80. The largest absolute Gasteiger partial charge is 0.485 e. The Labute approximate surface area is 111 Å². The highest BCUT2D eigenvalue weighted by Gasteiger charge is 2.38. The van der Waals surface area contributed by atoms with Crippen LogP contribution in [0.5, 0.6) is 11.5 Å². The number of anilines is 1. The van der Waals surface area contributed by atoms with Crippen LogP contribution >= 0.6 is 0 Å². The van der Waals surface area contributed by atoms with Crippen molar-refractivity contribution in [2.75, 3.05) is 18.9 Å². The number of benzene rings is 1. The maximum absolute atomic E-state index is 12.9. The lowest BCUT2D eigenvalue weighted by molar-refractivity contribution is -0.139. The molecule has 1 aliphatic rings. The highest BCUT2D eigenvalue weighted by Crippen LogP contribution is 2.47. The molecule has 2 heterocycles. The van der Waals surface area contributed by atoms with Crippen LogP contribution in [0.15, 0.2) is 22.7 Å². The molecule has 2 N–H and O–H groups in total. The minimum absolute atomic E-state index is 0.000579. The van der Waals surface area contributed by atoms with E-state index in [1.165, 1.54) is 12.1 Å². The summed E-state index contributed by atoms with van der Waals surface area (Å²) in [5.41, 5.74) is 5.16. The van der Waals surface area contributed by atoms with Gasteiger partial charge in [-0.3, -0.25) is 0 Å². The van der Waals surface area contributed by atoms with Crippen molar-refractivity contribution in [2.24, 2.45) is 0 Å². The van der Waals surface area contributed by atoms with E-state index in [-0.39, 0.29) is 36.3 Å². The highest BCUT2D eigenvalue weighted by molar-refractivity contribution is 5.74. The molecule has 0 bridgehead atoms. The van der Waals surface area contributed by atoms with Crippen molar-refractivity contribution in [3.63, 3.8) is 0 Å². The average Bonchev–Trinajstić information content (AvgIpc) is 2.83. The van der Waals surface area contributed by atoms with E-state index in [9.17, 15) is 13.2 Å². The maximum Gasteiger partial charge on any atom is 0.420 e. The van der Waals surface area contributed by atoms with Crippen molar-refractivity contribution in [3.8, 4) is 22.8 Å². The lowest BCUT2D eigenvalue weighted by Crippen LogP contribution is -2.19. The molecule has 0 saturated carbocycles. The molecule has 2 aromatic rings. The molecule has 20 heavy (non-hydrogen) atoms. The molecular formula is C12H9F3N2O3. The Hall–Kier alpha value is -2.38. The summed E-state index contributed by atoms with van der Waals surface area (Å²) in [6, 6.07) is 3.59. The number of rotatable bonds is 1. The van der Waals surface area contributed by atoms with Crippen LogP contribution in [-0.4, -0.2) is 18.4 Å². The molecule has 0 aliphatic carbocycles. The van der Waals surface area contributed by atoms with Crippen molar-refractivity contribution in [2.45, 2.75) is 6.18 Å². The van der Waals surface area contributed by atoms with Gasteiger partial charge in [0.15, 0.2) is 11.5 Å². The number of nitrogens with zero attached hydrogens (tertiary/aromatic N) is 1. The first-order valence-electron chi connectivity index (χ1n) is 5.69. The number of aromatic nitrogens is 1. The molecule has 0 saturated heterocycles. The molecule has 0 atom stereocenters. The Morgan fingerprint density at radius 1 is 1.10 bits per heavy atom. The zero-order chi connectivity index (χ0) is 14.3. The van der Waals surface area contributed by atoms with Crippen molar-refractivity contribution < 1.29 is 27.2 Å². The summed E-state index contributed by atoms with van der Waals surface area (Å²) in [5, 5.41) is 3.67. The molecule has 0 fully saturated rings. The van der Waals surface area contributed by atoms with E-state index in [0.717, 1.165) is 6.07 Å². The van der Waals surface area contributed by atoms with Crippen LogP contribution in [-0.2, 0) is 6.18 Å². The zero-order valence-electron chi connectivity index (χ0n) is 10.0. The van der Waals surface area contributed by atoms with Crippen LogP contribution in [0.1, 0.15) is 5.56 Å². The molecule has 8 heteroatoms. The van der Waals surface area contributed by atoms with Gasteiger partial charge in [-0.05, 0) is 12.1 Å². The molecular weight excluding hydrogens is 277 g/mol. The minimum Gasteiger partial charge on any atom is -0.485 e. The van der Waals surface area contributed by atoms with Crippen LogP contribution in [0.2, 0.25) is 0 Å². The second-order valence-electron chi connectivity index (χ2n) is 4.13. The molecule has 1 aliphatic heterocycles. The predicted molar refractivity (Wildman–Crippen MR) is 62.3 cm³/mol. The van der Waals surface area contributed by atoms with Gasteiger partial charge in [0, 0.05) is 11.6 Å². The van der Waals surface area contributed by atoms with Crippen LogP contribution in [0, 0.1) is 0 Å². The molecule has 3 rings (SSSR count). The van der Waals surface area contributed by atoms with Crippen LogP contribution < -0.4 is 15.2 Å². The first-order chi connectivity index (χ1) is 9.47. The summed E-state index contributed by atoms with van der Waals surface area (Å²) in [5.74, 6) is -0.271. The van der Waals surface area contributed by atoms with E-state index in [1.807, 2.05) is 0 Å². The van der Waals surface area contributed by atoms with Crippen LogP contribution in [0.25, 0.3) is 11.3 Å². The number of nitrogen functional groups attached to an aromatic ring is 1. The standard InChI is InChI=1S/C12H9F3N2O3/c13-12(14,15)7-2-1-6(8-5-9(16)20-17-8)10-11(7)19-4-3-18-10/h1-2,5H,3-4,16H2. The minimum atomic E-state index is -4.52. The summed E-state index contributed by atoms with van der Waals surface area (Å²) in [6.45, 7) is 0.217. The summed E-state index contributed by atoms with van der Waals surface area (Å²) < 4.78 is 53.9. The fourth-order valence-electron chi connectivity index (χ4n) is 1.98. The zero-order valence-corrected chi connectivity index (χ0v) is 10.0. The normalized spacial score (nSPS) is 14.3. The summed E-state index contributed by atoms with van der Waals surface area (Å²) >= 11 is 0. The van der Waals surface area contributed by atoms with E-state index >= 15 is 0 Å². The molecule has 106 valence electrons. The first-order valence-corrected chi connectivity index (χ1v) is 5.69. The van der Waals surface area contributed by atoms with Crippen molar-refractivity contribution in [1.29, 1.82) is 0 Å². The number of fused-ring (bicyclic) bond motifs is 1. The van der Waals surface area contributed by atoms with Gasteiger partial charge in [-0.25, -0.2) is 0 Å². The molecule has 0 unspecified atom stereocenters. The van der Waals surface area contributed by atoms with Gasteiger partial charge >= 0.3 is 6.18 Å². The topological polar surface area (TPSA) is 70.5 Å².